The number of hydrogen-bond donors (Lipinski definition) is 1. The van der Waals surface area contributed by atoms with Gasteiger partial charge in [-0.3, -0.25) is 4.79 Å². The van der Waals surface area contributed by atoms with Crippen LogP contribution in [-0.2, 0) is 10.2 Å². The van der Waals surface area contributed by atoms with E-state index in [1.165, 1.54) is 12.3 Å². The number of nitrogens with zero attached hydrogens (tertiary/aromatic N) is 1. The first-order valence-electron chi connectivity index (χ1n) is 4.01. The van der Waals surface area contributed by atoms with Crippen LogP contribution in [0.4, 0.5) is 4.39 Å². The van der Waals surface area contributed by atoms with E-state index in [2.05, 4.69) is 4.98 Å². The van der Waals surface area contributed by atoms with E-state index in [0.717, 1.165) is 0 Å². The van der Waals surface area contributed by atoms with Gasteiger partial charge < -0.3 is 5.11 Å². The first kappa shape index (κ1) is 8.16. The van der Waals surface area contributed by atoms with Crippen LogP contribution in [0.1, 0.15) is 18.4 Å². The molecule has 0 saturated heterocycles. The number of aromatic nitrogens is 1. The summed E-state index contributed by atoms with van der Waals surface area (Å²) in [6.45, 7) is 0. The largest absolute Gasteiger partial charge is 0.481 e. The molecule has 1 aliphatic rings. The van der Waals surface area contributed by atoms with Gasteiger partial charge in [-0.05, 0) is 18.9 Å². The number of carboxylic acids is 1. The number of aliphatic carboxylic acids is 1. The van der Waals surface area contributed by atoms with Crippen molar-refractivity contribution in [3.63, 3.8) is 0 Å². The maximum absolute atomic E-state index is 13.1. The third-order valence-corrected chi connectivity index (χ3v) is 2.43. The van der Waals surface area contributed by atoms with Crippen LogP contribution in [0.2, 0.25) is 0 Å². The van der Waals surface area contributed by atoms with Crippen molar-refractivity contribution in [3.8, 4) is 0 Å². The van der Waals surface area contributed by atoms with E-state index in [0.29, 0.717) is 12.8 Å². The lowest BCUT2D eigenvalue weighted by molar-refractivity contribution is -0.140. The second-order valence-corrected chi connectivity index (χ2v) is 3.23. The van der Waals surface area contributed by atoms with Gasteiger partial charge in [-0.1, -0.05) is 6.07 Å². The van der Waals surface area contributed by atoms with E-state index in [4.69, 9.17) is 5.11 Å². The highest BCUT2D eigenvalue weighted by molar-refractivity contribution is 5.84. The summed E-state index contributed by atoms with van der Waals surface area (Å²) < 4.78 is 13.1. The van der Waals surface area contributed by atoms with E-state index in [1.54, 1.807) is 6.07 Å². The first-order valence-corrected chi connectivity index (χ1v) is 4.01. The standard InChI is InChI=1S/C9H8FNO2/c10-7-6(2-1-5-11-7)9(3-4-9)8(12)13/h1-2,5H,3-4H2,(H,12,13). The Morgan fingerprint density at radius 1 is 1.62 bits per heavy atom. The first-order chi connectivity index (χ1) is 6.17. The summed E-state index contributed by atoms with van der Waals surface area (Å²) in [4.78, 5) is 14.3. The van der Waals surface area contributed by atoms with Crippen LogP contribution in [0.3, 0.4) is 0 Å². The van der Waals surface area contributed by atoms with Gasteiger partial charge in [0.1, 0.15) is 0 Å². The van der Waals surface area contributed by atoms with Crippen molar-refractivity contribution in [1.29, 1.82) is 0 Å². The lowest BCUT2D eigenvalue weighted by atomic mass is 9.98. The van der Waals surface area contributed by atoms with Crippen LogP contribution in [0, 0.1) is 5.95 Å². The molecule has 0 bridgehead atoms. The van der Waals surface area contributed by atoms with Crippen LogP contribution in [0.5, 0.6) is 0 Å². The highest BCUT2D eigenvalue weighted by atomic mass is 19.1. The molecule has 0 spiro atoms. The van der Waals surface area contributed by atoms with Gasteiger partial charge >= 0.3 is 5.97 Å². The molecule has 13 heavy (non-hydrogen) atoms. The Morgan fingerprint density at radius 2 is 2.31 bits per heavy atom. The monoisotopic (exact) mass is 181 g/mol. The lowest BCUT2D eigenvalue weighted by Crippen LogP contribution is -2.21. The molecule has 1 saturated carbocycles. The lowest BCUT2D eigenvalue weighted by Gasteiger charge is -2.09. The average Bonchev–Trinajstić information content (AvgIpc) is 2.85. The quantitative estimate of drug-likeness (QED) is 0.700. The molecule has 68 valence electrons. The molecule has 4 heteroatoms. The summed E-state index contributed by atoms with van der Waals surface area (Å²) in [6, 6.07) is 3.05. The minimum atomic E-state index is -0.988. The molecule has 3 nitrogen and oxygen atoms in total. The third kappa shape index (κ3) is 1.09. The molecule has 1 aliphatic carbocycles. The van der Waals surface area contributed by atoms with Gasteiger partial charge in [-0.2, -0.15) is 4.39 Å². The predicted octanol–water partition coefficient (Wildman–Crippen LogP) is 1.34. The van der Waals surface area contributed by atoms with E-state index >= 15 is 0 Å². The van der Waals surface area contributed by atoms with Crippen LogP contribution < -0.4 is 0 Å². The molecule has 1 heterocycles. The van der Waals surface area contributed by atoms with Crippen molar-refractivity contribution >= 4 is 5.97 Å². The molecule has 0 aromatic carbocycles. The number of halogens is 1. The fraction of sp³-hybridized carbons (Fsp3) is 0.333. The van der Waals surface area contributed by atoms with E-state index in [1.807, 2.05) is 0 Å². The van der Waals surface area contributed by atoms with E-state index < -0.39 is 17.3 Å². The third-order valence-electron chi connectivity index (χ3n) is 2.43. The second-order valence-electron chi connectivity index (χ2n) is 3.23. The molecule has 1 fully saturated rings. The molecule has 1 aromatic rings. The van der Waals surface area contributed by atoms with E-state index in [-0.39, 0.29) is 5.56 Å². The highest BCUT2D eigenvalue weighted by Crippen LogP contribution is 2.48. The SMILES string of the molecule is O=C(O)C1(c2cccnc2F)CC1. The summed E-state index contributed by atoms with van der Waals surface area (Å²) >= 11 is 0. The molecule has 0 radical (unpaired) electrons. The molecular weight excluding hydrogens is 173 g/mol. The maximum atomic E-state index is 13.1. The van der Waals surface area contributed by atoms with E-state index in [9.17, 15) is 9.18 Å². The van der Waals surface area contributed by atoms with Gasteiger partial charge in [0.15, 0.2) is 0 Å². The summed E-state index contributed by atoms with van der Waals surface area (Å²) in [7, 11) is 0. The normalized spacial score (nSPS) is 18.2. The van der Waals surface area contributed by atoms with Gasteiger partial charge in [0.25, 0.3) is 0 Å². The average molecular weight is 181 g/mol. The maximum Gasteiger partial charge on any atom is 0.314 e. The van der Waals surface area contributed by atoms with Gasteiger partial charge in [0.2, 0.25) is 5.95 Å². The minimum Gasteiger partial charge on any atom is -0.481 e. The fourth-order valence-corrected chi connectivity index (χ4v) is 1.47. The van der Waals surface area contributed by atoms with Crippen LogP contribution >= 0.6 is 0 Å². The summed E-state index contributed by atoms with van der Waals surface area (Å²) in [5, 5.41) is 8.89. The Balaban J connectivity index is 2.47. The summed E-state index contributed by atoms with van der Waals surface area (Å²) in [6.07, 6.45) is 2.33. The second kappa shape index (κ2) is 2.52. The molecular formula is C9H8FNO2. The number of rotatable bonds is 2. The van der Waals surface area contributed by atoms with Gasteiger partial charge in [-0.25, -0.2) is 4.98 Å². The topological polar surface area (TPSA) is 50.2 Å². The zero-order valence-electron chi connectivity index (χ0n) is 6.83. The smallest absolute Gasteiger partial charge is 0.314 e. The fourth-order valence-electron chi connectivity index (χ4n) is 1.47. The van der Waals surface area contributed by atoms with Crippen molar-refractivity contribution in [2.24, 2.45) is 0 Å². The molecule has 0 unspecified atom stereocenters. The van der Waals surface area contributed by atoms with Crippen molar-refractivity contribution in [2.45, 2.75) is 18.3 Å². The summed E-state index contributed by atoms with van der Waals surface area (Å²) in [5.41, 5.74) is -0.777. The van der Waals surface area contributed by atoms with Crippen molar-refractivity contribution in [2.75, 3.05) is 0 Å². The molecule has 0 aliphatic heterocycles. The van der Waals surface area contributed by atoms with Gasteiger partial charge in [0, 0.05) is 11.8 Å². The number of carbonyl (C=O) groups is 1. The number of pyridine rings is 1. The Hall–Kier alpha value is -1.45. The minimum absolute atomic E-state index is 0.211. The Morgan fingerprint density at radius 3 is 2.77 bits per heavy atom. The zero-order chi connectivity index (χ0) is 9.47. The number of hydrogen-bond acceptors (Lipinski definition) is 2. The molecule has 2 rings (SSSR count). The van der Waals surface area contributed by atoms with Crippen LogP contribution in [0.25, 0.3) is 0 Å². The van der Waals surface area contributed by atoms with Crippen molar-refractivity contribution in [3.05, 3.63) is 29.8 Å². The van der Waals surface area contributed by atoms with Crippen molar-refractivity contribution < 1.29 is 14.3 Å². The van der Waals surface area contributed by atoms with Crippen LogP contribution in [0.15, 0.2) is 18.3 Å². The van der Waals surface area contributed by atoms with Gasteiger partial charge in [0.05, 0.1) is 5.41 Å². The van der Waals surface area contributed by atoms with Crippen LogP contribution in [-0.4, -0.2) is 16.1 Å². The highest BCUT2D eigenvalue weighted by Gasteiger charge is 2.53. The molecule has 1 N–H and O–H groups in total. The van der Waals surface area contributed by atoms with Gasteiger partial charge in [-0.15, -0.1) is 0 Å². The number of carboxylic acid groups (broad SMARTS) is 1. The molecule has 1 aromatic heterocycles. The zero-order valence-corrected chi connectivity index (χ0v) is 6.83. The Bertz CT molecular complexity index is 360. The Kier molecular flexibility index (Phi) is 1.58. The summed E-state index contributed by atoms with van der Waals surface area (Å²) in [5.74, 6) is -1.62. The van der Waals surface area contributed by atoms with Crippen molar-refractivity contribution in [1.82, 2.24) is 4.98 Å². The Labute approximate surface area is 74.2 Å². The molecule has 0 atom stereocenters. The predicted molar refractivity (Wildman–Crippen MR) is 42.7 cm³/mol. The molecule has 0 amide bonds.